The molecule has 154 valence electrons. The minimum absolute atomic E-state index is 0.0877. The van der Waals surface area contributed by atoms with Gasteiger partial charge in [0.25, 0.3) is 5.91 Å². The largest absolute Gasteiger partial charge is 0.491 e. The van der Waals surface area contributed by atoms with Gasteiger partial charge in [-0.15, -0.1) is 0 Å². The molecule has 1 aliphatic rings. The third-order valence-electron chi connectivity index (χ3n) is 5.28. The fourth-order valence-electron chi connectivity index (χ4n) is 3.65. The van der Waals surface area contributed by atoms with Crippen molar-refractivity contribution in [1.29, 1.82) is 0 Å². The molecule has 1 saturated heterocycles. The molecule has 0 saturated carbocycles. The molecule has 1 unspecified atom stereocenters. The first kappa shape index (κ1) is 20.9. The van der Waals surface area contributed by atoms with E-state index in [2.05, 4.69) is 5.32 Å². The van der Waals surface area contributed by atoms with E-state index >= 15 is 0 Å². The van der Waals surface area contributed by atoms with E-state index in [0.29, 0.717) is 24.3 Å². The van der Waals surface area contributed by atoms with E-state index in [-0.39, 0.29) is 23.9 Å². The number of nitrogens with one attached hydrogen (secondary N) is 1. The zero-order chi connectivity index (χ0) is 20.8. The lowest BCUT2D eigenvalue weighted by molar-refractivity contribution is -0.131. The molecule has 2 amide bonds. The van der Waals surface area contributed by atoms with Crippen molar-refractivity contribution in [3.63, 3.8) is 0 Å². The first-order valence-electron chi connectivity index (χ1n) is 10.3. The van der Waals surface area contributed by atoms with Crippen LogP contribution in [0.4, 0.5) is 0 Å². The van der Waals surface area contributed by atoms with Gasteiger partial charge in [-0.25, -0.2) is 0 Å². The molecule has 5 heteroatoms. The Balaban J connectivity index is 1.55. The Hall–Kier alpha value is -2.82. The van der Waals surface area contributed by atoms with Gasteiger partial charge in [0.2, 0.25) is 5.91 Å². The summed E-state index contributed by atoms with van der Waals surface area (Å²) >= 11 is 0. The normalized spacial score (nSPS) is 16.1. The molecule has 0 aromatic heterocycles. The number of likely N-dealkylation sites (tertiary alicyclic amines) is 1. The molecule has 0 bridgehead atoms. The van der Waals surface area contributed by atoms with Crippen molar-refractivity contribution in [2.75, 3.05) is 13.2 Å². The van der Waals surface area contributed by atoms with Crippen molar-refractivity contribution in [3.8, 4) is 5.75 Å². The lowest BCUT2D eigenvalue weighted by Gasteiger charge is -2.25. The first-order valence-corrected chi connectivity index (χ1v) is 10.3. The van der Waals surface area contributed by atoms with Crippen molar-refractivity contribution in [2.45, 2.75) is 52.1 Å². The van der Waals surface area contributed by atoms with Crippen LogP contribution in [0.25, 0.3) is 0 Å². The highest BCUT2D eigenvalue weighted by Crippen LogP contribution is 2.21. The molecule has 29 heavy (non-hydrogen) atoms. The highest BCUT2D eigenvalue weighted by molar-refractivity contribution is 5.94. The predicted octanol–water partition coefficient (Wildman–Crippen LogP) is 3.75. The monoisotopic (exact) mass is 394 g/mol. The number of rotatable bonds is 7. The lowest BCUT2D eigenvalue weighted by atomic mass is 10.1. The van der Waals surface area contributed by atoms with Gasteiger partial charge in [0.1, 0.15) is 12.4 Å². The van der Waals surface area contributed by atoms with Crippen LogP contribution in [0.3, 0.4) is 0 Å². The van der Waals surface area contributed by atoms with Crippen LogP contribution in [0, 0.1) is 6.92 Å². The van der Waals surface area contributed by atoms with Crippen LogP contribution in [0.15, 0.2) is 48.5 Å². The molecule has 1 aliphatic heterocycles. The van der Waals surface area contributed by atoms with E-state index < -0.39 is 0 Å². The molecular weight excluding hydrogens is 364 g/mol. The number of carbonyl (C=O) groups is 2. The average Bonchev–Trinajstić information content (AvgIpc) is 3.17. The summed E-state index contributed by atoms with van der Waals surface area (Å²) in [6.45, 7) is 7.16. The molecule has 1 N–H and O–H groups in total. The highest BCUT2D eigenvalue weighted by atomic mass is 16.5. The molecule has 0 aliphatic carbocycles. The third-order valence-corrected chi connectivity index (χ3v) is 5.28. The Kier molecular flexibility index (Phi) is 6.91. The summed E-state index contributed by atoms with van der Waals surface area (Å²) in [5.74, 6) is 0.783. The van der Waals surface area contributed by atoms with Gasteiger partial charge < -0.3 is 15.0 Å². The minimum Gasteiger partial charge on any atom is -0.491 e. The molecule has 2 aromatic rings. The number of ether oxygens (including phenoxy) is 1. The van der Waals surface area contributed by atoms with Crippen LogP contribution in [-0.2, 0) is 11.2 Å². The van der Waals surface area contributed by atoms with Gasteiger partial charge in [-0.1, -0.05) is 24.3 Å². The number of aryl methyl sites for hydroxylation is 1. The number of benzene rings is 2. The second-order valence-corrected chi connectivity index (χ2v) is 7.95. The van der Waals surface area contributed by atoms with Crippen molar-refractivity contribution in [3.05, 3.63) is 65.2 Å². The molecule has 0 spiro atoms. The summed E-state index contributed by atoms with van der Waals surface area (Å²) in [4.78, 5) is 26.8. The summed E-state index contributed by atoms with van der Waals surface area (Å²) in [7, 11) is 0. The van der Waals surface area contributed by atoms with E-state index in [4.69, 9.17) is 4.74 Å². The quantitative estimate of drug-likeness (QED) is 0.778. The Bertz CT molecular complexity index is 845. The van der Waals surface area contributed by atoms with Gasteiger partial charge >= 0.3 is 0 Å². The maximum absolute atomic E-state index is 12.8. The van der Waals surface area contributed by atoms with Gasteiger partial charge in [-0.2, -0.15) is 0 Å². The van der Waals surface area contributed by atoms with E-state index in [0.717, 1.165) is 30.5 Å². The van der Waals surface area contributed by atoms with Crippen LogP contribution in [0.5, 0.6) is 5.75 Å². The topological polar surface area (TPSA) is 58.6 Å². The standard InChI is InChI=1S/C24H30N2O3/c1-17(2)25-24(28)19-10-12-22(13-11-19)29-16-21-9-6-14-26(21)23(27)15-20-8-5-4-7-18(20)3/h4-5,7-8,10-13,17,21H,6,9,14-16H2,1-3H3,(H,25,28). The van der Waals surface area contributed by atoms with Gasteiger partial charge in [0, 0.05) is 18.2 Å². The van der Waals surface area contributed by atoms with Crippen molar-refractivity contribution in [1.82, 2.24) is 10.2 Å². The van der Waals surface area contributed by atoms with E-state index in [9.17, 15) is 9.59 Å². The average molecular weight is 395 g/mol. The number of hydrogen-bond donors (Lipinski definition) is 1. The van der Waals surface area contributed by atoms with Crippen LogP contribution >= 0.6 is 0 Å². The minimum atomic E-state index is -0.0877. The Morgan fingerprint density at radius 3 is 2.55 bits per heavy atom. The Morgan fingerprint density at radius 1 is 1.14 bits per heavy atom. The third kappa shape index (κ3) is 5.59. The van der Waals surface area contributed by atoms with Crippen molar-refractivity contribution >= 4 is 11.8 Å². The second kappa shape index (κ2) is 9.59. The highest BCUT2D eigenvalue weighted by Gasteiger charge is 2.29. The SMILES string of the molecule is Cc1ccccc1CC(=O)N1CCCC1COc1ccc(C(=O)NC(C)C)cc1. The number of nitrogens with zero attached hydrogens (tertiary/aromatic N) is 1. The number of amides is 2. The summed E-state index contributed by atoms with van der Waals surface area (Å²) in [5.41, 5.74) is 2.84. The molecule has 0 radical (unpaired) electrons. The molecule has 1 heterocycles. The van der Waals surface area contributed by atoms with Crippen LogP contribution in [-0.4, -0.2) is 41.9 Å². The summed E-state index contributed by atoms with van der Waals surface area (Å²) in [6, 6.07) is 15.4. The molecule has 1 fully saturated rings. The van der Waals surface area contributed by atoms with Gasteiger partial charge in [0.15, 0.2) is 0 Å². The summed E-state index contributed by atoms with van der Waals surface area (Å²) < 4.78 is 5.93. The molecule has 1 atom stereocenters. The molecule has 5 nitrogen and oxygen atoms in total. The second-order valence-electron chi connectivity index (χ2n) is 7.95. The molecule has 3 rings (SSSR count). The maximum Gasteiger partial charge on any atom is 0.251 e. The zero-order valence-corrected chi connectivity index (χ0v) is 17.5. The van der Waals surface area contributed by atoms with Crippen molar-refractivity contribution < 1.29 is 14.3 Å². The van der Waals surface area contributed by atoms with E-state index in [1.165, 1.54) is 0 Å². The Morgan fingerprint density at radius 2 is 1.86 bits per heavy atom. The molecular formula is C24H30N2O3. The maximum atomic E-state index is 12.8. The van der Waals surface area contributed by atoms with Crippen LogP contribution in [0.1, 0.15) is 48.2 Å². The smallest absolute Gasteiger partial charge is 0.251 e. The summed E-state index contributed by atoms with van der Waals surface area (Å²) in [5, 5.41) is 2.87. The zero-order valence-electron chi connectivity index (χ0n) is 17.5. The van der Waals surface area contributed by atoms with E-state index in [1.54, 1.807) is 12.1 Å². The van der Waals surface area contributed by atoms with Gasteiger partial charge in [-0.05, 0) is 69.0 Å². The molecule has 2 aromatic carbocycles. The number of hydrogen-bond acceptors (Lipinski definition) is 3. The lowest BCUT2D eigenvalue weighted by Crippen LogP contribution is -2.40. The fourth-order valence-corrected chi connectivity index (χ4v) is 3.65. The van der Waals surface area contributed by atoms with Crippen LogP contribution in [0.2, 0.25) is 0 Å². The number of carbonyl (C=O) groups excluding carboxylic acids is 2. The Labute approximate surface area is 173 Å². The van der Waals surface area contributed by atoms with Gasteiger partial charge in [-0.3, -0.25) is 9.59 Å². The first-order chi connectivity index (χ1) is 13.9. The van der Waals surface area contributed by atoms with Crippen LogP contribution < -0.4 is 10.1 Å². The van der Waals surface area contributed by atoms with Gasteiger partial charge in [0.05, 0.1) is 12.5 Å². The fraction of sp³-hybridized carbons (Fsp3) is 0.417. The van der Waals surface area contributed by atoms with Crippen molar-refractivity contribution in [2.24, 2.45) is 0 Å². The summed E-state index contributed by atoms with van der Waals surface area (Å²) in [6.07, 6.45) is 2.39. The van der Waals surface area contributed by atoms with E-state index in [1.807, 2.05) is 62.1 Å². The predicted molar refractivity (Wildman–Crippen MR) is 114 cm³/mol.